The number of fused-ring (bicyclic) bond motifs is 4. The van der Waals surface area contributed by atoms with Crippen molar-refractivity contribution < 1.29 is 139 Å². The molecule has 3 aromatic heterocycles. The lowest BCUT2D eigenvalue weighted by atomic mass is 9.71. The number of aromatic nitrogens is 4. The predicted octanol–water partition coefficient (Wildman–Crippen LogP) is 2.00. The number of imide groups is 1. The molecule has 4 saturated heterocycles. The quantitative estimate of drug-likeness (QED) is 0.00496. The number of phenols is 2. The Kier molecular flexibility index (Phi) is 38.0. The number of piperidine rings is 1. The zero-order chi connectivity index (χ0) is 92.8. The molecule has 11 N–H and O–H groups in total. The molecule has 0 bridgehead atoms. The maximum absolute atomic E-state index is 14.2. The first-order valence-corrected chi connectivity index (χ1v) is 45.1. The number of Topliss-reactive ketones (excluding diaryl/α,β-unsaturated/α-hetero) is 1. The Labute approximate surface area is 759 Å². The molecule has 4 aliphatic heterocycles. The van der Waals surface area contributed by atoms with Crippen LogP contribution >= 0.6 is 11.8 Å². The first-order valence-electron chi connectivity index (χ1n) is 44.1. The minimum atomic E-state index is -2.27. The van der Waals surface area contributed by atoms with Crippen LogP contribution in [0.15, 0.2) is 70.3 Å². The van der Waals surface area contributed by atoms with Gasteiger partial charge in [0, 0.05) is 130 Å². The lowest BCUT2D eigenvalue weighted by molar-refractivity contribution is -0.245. The number of thioether (sulfide) groups is 1. The highest BCUT2D eigenvalue weighted by molar-refractivity contribution is 8.00. The number of ketones is 3. The van der Waals surface area contributed by atoms with E-state index >= 15 is 0 Å². The fourth-order valence-electron chi connectivity index (χ4n) is 15.9. The molecule has 0 saturated carbocycles. The van der Waals surface area contributed by atoms with Crippen molar-refractivity contribution in [2.75, 3.05) is 197 Å². The van der Waals surface area contributed by atoms with E-state index < -0.39 is 130 Å². The van der Waals surface area contributed by atoms with Crippen molar-refractivity contribution >= 4 is 87.2 Å². The molecule has 8 amide bonds. The van der Waals surface area contributed by atoms with E-state index in [1.54, 1.807) is 40.9 Å². The Morgan fingerprint density at radius 3 is 1.98 bits per heavy atom. The van der Waals surface area contributed by atoms with Crippen LogP contribution in [0.2, 0.25) is 0 Å². The van der Waals surface area contributed by atoms with E-state index in [-0.39, 0.29) is 162 Å². The molecular formula is C88H117N13O29S. The number of rotatable bonds is 53. The summed E-state index contributed by atoms with van der Waals surface area (Å²) in [5.41, 5.74) is 6.19. The number of aromatic hydroxyl groups is 2. The average molecular weight is 1850 g/mol. The number of carbonyl (C=O) groups is 10. The summed E-state index contributed by atoms with van der Waals surface area (Å²) < 4.78 is 81.1. The van der Waals surface area contributed by atoms with E-state index in [1.807, 2.05) is 23.1 Å². The number of nitrogens with two attached hydrogens (primary N) is 1. The second-order valence-corrected chi connectivity index (χ2v) is 33.2. The number of hydrazone groups is 1. The lowest BCUT2D eigenvalue weighted by Gasteiger charge is -2.43. The van der Waals surface area contributed by atoms with Gasteiger partial charge in [-0.3, -0.25) is 48.1 Å². The highest BCUT2D eigenvalue weighted by Crippen LogP contribution is 2.53. The predicted molar refractivity (Wildman–Crippen MR) is 465 cm³/mol. The summed E-state index contributed by atoms with van der Waals surface area (Å²) in [4.78, 5) is 142. The summed E-state index contributed by atoms with van der Waals surface area (Å²) in [5.74, 6) is -5.34. The fourth-order valence-corrected chi connectivity index (χ4v) is 17.0. The molecule has 714 valence electrons. The number of aliphatic hydroxyl groups excluding tert-OH is 2. The number of para-hydroxylation sites is 1. The highest BCUT2D eigenvalue weighted by atomic mass is 32.2. The Hall–Kier alpha value is -10.3. The third-order valence-electron chi connectivity index (χ3n) is 22.8. The molecule has 42 nitrogen and oxygen atoms in total. The number of hydrogen-bond donors (Lipinski definition) is 10. The van der Waals surface area contributed by atoms with Crippen LogP contribution in [-0.2, 0) is 112 Å². The van der Waals surface area contributed by atoms with Gasteiger partial charge in [-0.25, -0.2) is 14.9 Å². The molecular weight excluding hydrogens is 1740 g/mol. The molecule has 131 heavy (non-hydrogen) atoms. The number of methoxy groups -OCH3 is 1. The van der Waals surface area contributed by atoms with E-state index in [2.05, 4.69) is 36.5 Å². The normalized spacial score (nSPS) is 19.9. The number of ether oxygens (including phenoxy) is 13. The van der Waals surface area contributed by atoms with E-state index in [0.717, 1.165) is 42.6 Å². The van der Waals surface area contributed by atoms with Gasteiger partial charge in [0.15, 0.2) is 12.1 Å². The molecule has 12 rings (SSSR count). The number of amides is 8. The molecule has 0 radical (unpaired) electrons. The summed E-state index contributed by atoms with van der Waals surface area (Å²) >= 11 is 1.17. The van der Waals surface area contributed by atoms with E-state index in [1.165, 1.54) is 42.0 Å². The molecule has 4 fully saturated rings. The number of carbonyl (C=O) groups excluding carboxylic acids is 10. The first kappa shape index (κ1) is 99.7. The van der Waals surface area contributed by atoms with Crippen molar-refractivity contribution in [1.82, 2.24) is 55.6 Å². The first-order chi connectivity index (χ1) is 63.5. The van der Waals surface area contributed by atoms with Crippen molar-refractivity contribution in [3.63, 3.8) is 0 Å². The molecule has 7 heterocycles. The zero-order valence-corrected chi connectivity index (χ0v) is 74.3. The number of nitrogens with one attached hydrogen (secondary N) is 4. The molecule has 2 aliphatic carbocycles. The van der Waals surface area contributed by atoms with Crippen molar-refractivity contribution in [3.8, 4) is 28.6 Å². The summed E-state index contributed by atoms with van der Waals surface area (Å²) in [7, 11) is 1.30. The van der Waals surface area contributed by atoms with Crippen LogP contribution in [0.1, 0.15) is 136 Å². The standard InChI is InChI=1S/C88H117N13O29S/c1-55-79(107)62(89)46-73(128-55)130-66-49-88(116,48-61-75(66)84(112)77-76(81(61)109)80(108)60-11-7-12-65(117-2)74(60)83(77)111)68(52-102)94-95-70(104)13-8-20-101-72(106)47-67(85(101)113)131-44-16-69(103)90-17-26-118-28-30-120-36-38-124-40-42-126-53-57-51-100(96-93-57)25-27-119-29-31-121-32-33-122-34-35-123-37-39-125-41-43-127-54-71(105)91-50-58-14-15-64(129-58)59-10-6-9-56-45-63(92-78(56)59)82(110)86(114)97-21-23-99(24-22-97)87(115)98-18-4-3-5-19-98/h6-7,9-12,14-15,45,51,55,62,66-67,73,79,92,102,107,109,112,116H,3-5,8,13,16-44,46-50,52-54,89H2,1-2H3,(H,90,103)(H,91,105)(H,95,104)/b94-68+/t55-,62-,66-,67?,73-,79+,88-/m0/s1. The van der Waals surface area contributed by atoms with Gasteiger partial charge in [0.05, 0.1) is 216 Å². The number of hydrogen-bond acceptors (Lipinski definition) is 34. The Morgan fingerprint density at radius 2 is 1.31 bits per heavy atom. The van der Waals surface area contributed by atoms with E-state index in [0.29, 0.717) is 140 Å². The Bertz CT molecular complexity index is 4900. The number of likely N-dealkylation sites (tertiary alicyclic amines) is 2. The largest absolute Gasteiger partial charge is 0.507 e. The van der Waals surface area contributed by atoms with Crippen LogP contribution in [-0.4, -0.2) is 362 Å². The van der Waals surface area contributed by atoms with Gasteiger partial charge >= 0.3 is 6.03 Å². The van der Waals surface area contributed by atoms with Gasteiger partial charge in [-0.1, -0.05) is 29.5 Å². The molecule has 43 heteroatoms. The summed E-state index contributed by atoms with van der Waals surface area (Å²) in [6, 6.07) is 14.2. The van der Waals surface area contributed by atoms with Gasteiger partial charge in [-0.15, -0.1) is 16.9 Å². The number of nitrogens with zero attached hydrogens (tertiary/aromatic N) is 8. The minimum absolute atomic E-state index is 0.00498. The highest BCUT2D eigenvalue weighted by Gasteiger charge is 2.50. The number of piperazine rings is 1. The van der Waals surface area contributed by atoms with Gasteiger partial charge in [-0.2, -0.15) is 5.10 Å². The van der Waals surface area contributed by atoms with Gasteiger partial charge in [0.2, 0.25) is 35.3 Å². The van der Waals surface area contributed by atoms with Gasteiger partial charge in [0.1, 0.15) is 46.7 Å². The molecule has 6 aliphatic rings. The minimum Gasteiger partial charge on any atom is -0.507 e. The zero-order valence-electron chi connectivity index (χ0n) is 73.5. The smallest absolute Gasteiger partial charge is 0.320 e. The number of aliphatic hydroxyl groups is 3. The maximum atomic E-state index is 14.2. The Morgan fingerprint density at radius 1 is 0.687 bits per heavy atom. The van der Waals surface area contributed by atoms with Gasteiger partial charge in [0.25, 0.3) is 11.7 Å². The molecule has 0 spiro atoms. The SMILES string of the molecule is COc1cccc2c1C(=O)c1c(O)c3c(c(O)c1C2=O)C[C@@](O)(/C(CO)=N/NC(=O)CCCN1C(=O)CC(SCCC(=O)NCCOCCOCCOCCOCc2cn(CCOCCOCCOCCOCCOCCOCC(=O)NCc4ccc(-c5cccc6cc(C(=O)C(=O)N7CCN(C(=O)N8CCCCC8)CC7)[nH]c56)o4)nn2)C1=O)C[C@@H]3O[C@H]1C[C@H](N)[C@H](O)[C@H](C)O1. The molecule has 1 unspecified atom stereocenters. The van der Waals surface area contributed by atoms with Crippen molar-refractivity contribution in [2.45, 2.75) is 132 Å². The number of H-pyrrole nitrogens is 1. The second kappa shape index (κ2) is 50.0. The monoisotopic (exact) mass is 1850 g/mol. The van der Waals surface area contributed by atoms with Crippen LogP contribution in [0, 0.1) is 0 Å². The van der Waals surface area contributed by atoms with Gasteiger partial charge in [-0.05, 0) is 62.9 Å². The third-order valence-corrected chi connectivity index (χ3v) is 24.0. The number of furan rings is 1. The van der Waals surface area contributed by atoms with Crippen LogP contribution < -0.4 is 26.5 Å². The second-order valence-electron chi connectivity index (χ2n) is 31.9. The number of benzene rings is 3. The summed E-state index contributed by atoms with van der Waals surface area (Å²) in [6.07, 6.45) is -1.10. The number of aromatic amines is 1. The molecule has 3 aromatic carbocycles. The fraction of sp³-hybridized carbons (Fsp3) is 0.580. The number of phenolic OH excluding ortho intramolecular Hbond substituents is 2. The van der Waals surface area contributed by atoms with Gasteiger partial charge < -0.3 is 128 Å². The molecule has 7 atom stereocenters. The topological polar surface area (TPSA) is 539 Å². The van der Waals surface area contributed by atoms with Crippen molar-refractivity contribution in [1.29, 1.82) is 0 Å². The van der Waals surface area contributed by atoms with Crippen LogP contribution in [0.3, 0.4) is 0 Å². The lowest BCUT2D eigenvalue weighted by Crippen LogP contribution is -2.55. The summed E-state index contributed by atoms with van der Waals surface area (Å²) in [5, 5.41) is 75.3. The average Bonchev–Trinajstić information content (AvgIpc) is 1.40. The molecule has 6 aromatic rings. The van der Waals surface area contributed by atoms with Crippen LogP contribution in [0.25, 0.3) is 22.2 Å². The summed E-state index contributed by atoms with van der Waals surface area (Å²) in [6.45, 7) is 10.4. The third kappa shape index (κ3) is 27.2. The maximum Gasteiger partial charge on any atom is 0.320 e. The van der Waals surface area contributed by atoms with Crippen molar-refractivity contribution in [3.05, 3.63) is 111 Å². The van der Waals surface area contributed by atoms with Crippen LogP contribution in [0.5, 0.6) is 17.2 Å². The van der Waals surface area contributed by atoms with E-state index in [9.17, 15) is 73.5 Å². The van der Waals surface area contributed by atoms with Crippen molar-refractivity contribution in [2.24, 2.45) is 10.8 Å². The number of urea groups is 1. The van der Waals surface area contributed by atoms with Crippen LogP contribution in [0.4, 0.5) is 4.79 Å². The van der Waals surface area contributed by atoms with E-state index in [4.69, 9.17) is 71.7 Å². The Balaban J connectivity index is 0.412.